The van der Waals surface area contributed by atoms with Crippen molar-refractivity contribution in [3.63, 3.8) is 0 Å². The summed E-state index contributed by atoms with van der Waals surface area (Å²) in [5.41, 5.74) is 3.33. The molecule has 2 heterocycles. The third-order valence-corrected chi connectivity index (χ3v) is 10.6. The first-order valence-corrected chi connectivity index (χ1v) is 16.6. The molecule has 0 unspecified atom stereocenters. The summed E-state index contributed by atoms with van der Waals surface area (Å²) in [5.74, 6) is 0.473. The molecule has 3 fully saturated rings. The number of nitrogens with one attached hydrogen (secondary N) is 2. The summed E-state index contributed by atoms with van der Waals surface area (Å²) in [6.07, 6.45) is 7.71. The van der Waals surface area contributed by atoms with Crippen LogP contribution in [0.3, 0.4) is 0 Å². The lowest BCUT2D eigenvalue weighted by atomic mass is 9.94. The van der Waals surface area contributed by atoms with Crippen molar-refractivity contribution < 1.29 is 23.7 Å². The van der Waals surface area contributed by atoms with E-state index in [9.17, 15) is 19.0 Å². The Labute approximate surface area is 240 Å². The Morgan fingerprint density at radius 3 is 2.48 bits per heavy atom. The van der Waals surface area contributed by atoms with Crippen LogP contribution in [0.15, 0.2) is 48.5 Å². The summed E-state index contributed by atoms with van der Waals surface area (Å²) in [7, 11) is -2.91. The minimum atomic E-state index is -2.91. The van der Waals surface area contributed by atoms with Gasteiger partial charge < -0.3 is 20.5 Å². The molecule has 2 atom stereocenters. The number of ether oxygens (including phenoxy) is 1. The van der Waals surface area contributed by atoms with E-state index in [-0.39, 0.29) is 5.91 Å². The molecule has 3 aliphatic rings. The molecule has 0 aromatic heterocycles. The van der Waals surface area contributed by atoms with Gasteiger partial charge in [0, 0.05) is 37.9 Å². The van der Waals surface area contributed by atoms with Crippen molar-refractivity contribution in [2.45, 2.75) is 81.9 Å². The Bertz CT molecular complexity index is 1110. The van der Waals surface area contributed by atoms with Gasteiger partial charge in [-0.3, -0.25) is 18.2 Å². The van der Waals surface area contributed by atoms with Crippen LogP contribution in [-0.2, 0) is 11.2 Å². The first-order chi connectivity index (χ1) is 19.4. The summed E-state index contributed by atoms with van der Waals surface area (Å²) in [4.78, 5) is 13.8. The summed E-state index contributed by atoms with van der Waals surface area (Å²) < 4.78 is 28.8. The molecular weight excluding hydrogens is 526 g/mol. The van der Waals surface area contributed by atoms with Crippen LogP contribution in [0.25, 0.3) is 0 Å². The zero-order chi connectivity index (χ0) is 28.0. The second-order valence-corrected chi connectivity index (χ2v) is 13.7. The van der Waals surface area contributed by atoms with Crippen molar-refractivity contribution in [1.82, 2.24) is 10.6 Å². The van der Waals surface area contributed by atoms with Gasteiger partial charge in [-0.2, -0.15) is 0 Å². The molecule has 0 radical (unpaired) electrons. The molecule has 8 nitrogen and oxygen atoms in total. The van der Waals surface area contributed by atoms with Gasteiger partial charge in [0.15, 0.2) is 0 Å². The lowest BCUT2D eigenvalue weighted by molar-refractivity contribution is 0.0657. The van der Waals surface area contributed by atoms with Gasteiger partial charge in [-0.1, -0.05) is 43.2 Å². The summed E-state index contributed by atoms with van der Waals surface area (Å²) >= 11 is 0. The van der Waals surface area contributed by atoms with Crippen molar-refractivity contribution in [2.75, 3.05) is 36.4 Å². The van der Waals surface area contributed by atoms with Gasteiger partial charge in [0.2, 0.25) is 0 Å². The maximum absolute atomic E-state index is 13.8. The Morgan fingerprint density at radius 1 is 1.00 bits per heavy atom. The molecule has 9 heteroatoms. The largest absolute Gasteiger partial charge is 0.390 e. The number of benzene rings is 2. The third kappa shape index (κ3) is 7.57. The number of aliphatic hydroxyl groups excluding tert-OH is 1. The fraction of sp³-hybridized carbons (Fsp3) is 0.581. The highest BCUT2D eigenvalue weighted by Gasteiger charge is 2.30. The number of hydrogen-bond donors (Lipinski definition) is 5. The quantitative estimate of drug-likeness (QED) is 0.270. The van der Waals surface area contributed by atoms with E-state index in [2.05, 4.69) is 16.7 Å². The minimum absolute atomic E-state index is 0.249. The van der Waals surface area contributed by atoms with E-state index in [1.54, 1.807) is 10.4 Å². The van der Waals surface area contributed by atoms with Crippen LogP contribution in [0.1, 0.15) is 78.8 Å². The zero-order valence-electron chi connectivity index (χ0n) is 23.3. The normalized spacial score (nSPS) is 22.5. The highest BCUT2D eigenvalue weighted by atomic mass is 32.3. The van der Waals surface area contributed by atoms with Crippen LogP contribution in [0.5, 0.6) is 0 Å². The van der Waals surface area contributed by atoms with E-state index in [0.29, 0.717) is 48.5 Å². The summed E-state index contributed by atoms with van der Waals surface area (Å²) in [5, 5.41) is 17.9. The Hall–Kier alpha value is -2.14. The van der Waals surface area contributed by atoms with Crippen molar-refractivity contribution >= 4 is 22.4 Å². The van der Waals surface area contributed by atoms with Crippen LogP contribution in [0, 0.1) is 0 Å². The topological polar surface area (TPSA) is 114 Å². The van der Waals surface area contributed by atoms with E-state index in [0.717, 1.165) is 62.9 Å². The minimum Gasteiger partial charge on any atom is -0.390 e. The van der Waals surface area contributed by atoms with Crippen molar-refractivity contribution in [3.8, 4) is 0 Å². The Morgan fingerprint density at radius 2 is 1.75 bits per heavy atom. The van der Waals surface area contributed by atoms with Crippen LogP contribution >= 0.6 is 10.8 Å². The second-order valence-electron chi connectivity index (χ2n) is 11.6. The van der Waals surface area contributed by atoms with E-state index in [1.807, 2.05) is 36.4 Å². The molecular formula is C31H45N3O5S. The average Bonchev–Trinajstić information content (AvgIpc) is 3.51. The SMILES string of the molecule is O=C(N[C@@H](Cc1ccccc1)[C@H](O)CNC1CCOCC1)c1cc(C2CCCC2)cc(N2CCCCS2(O)O)c1. The smallest absolute Gasteiger partial charge is 0.251 e. The average molecular weight is 572 g/mol. The van der Waals surface area contributed by atoms with Crippen molar-refractivity contribution in [1.29, 1.82) is 0 Å². The predicted octanol–water partition coefficient (Wildman–Crippen LogP) is 5.08. The molecule has 2 aliphatic heterocycles. The Balaban J connectivity index is 1.37. The number of anilines is 1. The van der Waals surface area contributed by atoms with Gasteiger partial charge in [-0.05, 0) is 80.2 Å². The molecule has 0 bridgehead atoms. The second kappa shape index (κ2) is 13.7. The molecule has 5 rings (SSSR count). The number of carbonyl (C=O) groups excluding carboxylic acids is 1. The van der Waals surface area contributed by atoms with Gasteiger partial charge in [0.25, 0.3) is 5.91 Å². The highest BCUT2D eigenvalue weighted by molar-refractivity contribution is 8.25. The third-order valence-electron chi connectivity index (χ3n) is 8.62. The first-order valence-electron chi connectivity index (χ1n) is 14.9. The molecule has 1 amide bonds. The molecule has 0 spiro atoms. The summed E-state index contributed by atoms with van der Waals surface area (Å²) in [6.45, 7) is 2.38. The van der Waals surface area contributed by atoms with Gasteiger partial charge >= 0.3 is 0 Å². The first kappa shape index (κ1) is 29.4. The number of nitrogens with zero attached hydrogens (tertiary/aromatic N) is 1. The van der Waals surface area contributed by atoms with E-state index < -0.39 is 22.9 Å². The number of amides is 1. The number of carbonyl (C=O) groups is 1. The van der Waals surface area contributed by atoms with Crippen molar-refractivity contribution in [3.05, 3.63) is 65.2 Å². The number of rotatable bonds is 10. The lowest BCUT2D eigenvalue weighted by Crippen LogP contribution is -2.50. The van der Waals surface area contributed by atoms with Gasteiger partial charge in [-0.25, -0.2) is 0 Å². The van der Waals surface area contributed by atoms with Crippen molar-refractivity contribution in [2.24, 2.45) is 0 Å². The monoisotopic (exact) mass is 571 g/mol. The van der Waals surface area contributed by atoms with Crippen LogP contribution in [0.4, 0.5) is 5.69 Å². The van der Waals surface area contributed by atoms with E-state index >= 15 is 0 Å². The molecule has 2 aromatic carbocycles. The maximum atomic E-state index is 13.8. The van der Waals surface area contributed by atoms with Gasteiger partial charge in [0.05, 0.1) is 23.6 Å². The zero-order valence-corrected chi connectivity index (χ0v) is 24.2. The molecule has 220 valence electrons. The molecule has 1 aliphatic carbocycles. The van der Waals surface area contributed by atoms with Gasteiger partial charge in [-0.15, -0.1) is 10.8 Å². The van der Waals surface area contributed by atoms with E-state index in [1.165, 1.54) is 12.8 Å². The van der Waals surface area contributed by atoms with Crippen LogP contribution in [-0.4, -0.2) is 70.4 Å². The fourth-order valence-electron chi connectivity index (χ4n) is 6.24. The van der Waals surface area contributed by atoms with E-state index in [4.69, 9.17) is 4.74 Å². The standard InChI is InChI=1S/C31H45N3O5S/c35-30(22-32-27-12-15-39-16-13-27)29(18-23-8-2-1-3-9-23)33-31(36)26-19-25(24-10-4-5-11-24)20-28(21-26)34-14-6-7-17-40(34,37)38/h1-3,8-9,19-21,24,27,29-30,32,35,37-38H,4-7,10-18,22H2,(H,33,36)/t29-,30+/m0/s1. The number of aliphatic hydroxyl groups is 1. The van der Waals surface area contributed by atoms with Crippen LogP contribution < -0.4 is 14.9 Å². The predicted molar refractivity (Wildman–Crippen MR) is 161 cm³/mol. The molecule has 1 saturated carbocycles. The molecule has 40 heavy (non-hydrogen) atoms. The van der Waals surface area contributed by atoms with Crippen LogP contribution in [0.2, 0.25) is 0 Å². The summed E-state index contributed by atoms with van der Waals surface area (Å²) in [6, 6.07) is 15.5. The maximum Gasteiger partial charge on any atom is 0.251 e. The fourth-order valence-corrected chi connectivity index (χ4v) is 7.92. The molecule has 5 N–H and O–H groups in total. The number of hydrogen-bond acceptors (Lipinski definition) is 7. The van der Waals surface area contributed by atoms with Gasteiger partial charge in [0.1, 0.15) is 0 Å². The Kier molecular flexibility index (Phi) is 10.0. The highest BCUT2D eigenvalue weighted by Crippen LogP contribution is 2.50. The molecule has 2 aromatic rings. The molecule has 2 saturated heterocycles. The lowest BCUT2D eigenvalue weighted by Gasteiger charge is -2.47.